The molecule has 0 spiro atoms. The third-order valence-electron chi connectivity index (χ3n) is 6.27. The van der Waals surface area contributed by atoms with E-state index < -0.39 is 0 Å². The number of fused-ring (bicyclic) bond motifs is 1. The van der Waals surface area contributed by atoms with E-state index in [2.05, 4.69) is 5.32 Å². The molecular weight excluding hydrogens is 394 g/mol. The zero-order valence-electron chi connectivity index (χ0n) is 17.9. The minimum absolute atomic E-state index is 0.0564. The summed E-state index contributed by atoms with van der Waals surface area (Å²) in [6.07, 6.45) is 5.30. The Labute approximate surface area is 182 Å². The molecule has 2 aliphatic rings. The zero-order valence-corrected chi connectivity index (χ0v) is 17.9. The lowest BCUT2D eigenvalue weighted by Crippen LogP contribution is -2.62. The fourth-order valence-corrected chi connectivity index (χ4v) is 4.55. The van der Waals surface area contributed by atoms with Gasteiger partial charge in [0.25, 0.3) is 0 Å². The normalized spacial score (nSPS) is 21.2. The van der Waals surface area contributed by atoms with Gasteiger partial charge in [0.2, 0.25) is 11.8 Å². The number of urea groups is 1. The molecular formula is C24H29N3O4. The van der Waals surface area contributed by atoms with Gasteiger partial charge in [-0.15, -0.1) is 0 Å². The SMILES string of the molecule is Cc1ccc(CN2C(=O)N(CCC(=O)NCc3ccco3)C(=O)C3CCCCC32)cc1. The van der Waals surface area contributed by atoms with Crippen LogP contribution in [0.5, 0.6) is 0 Å². The quantitative estimate of drug-likeness (QED) is 0.737. The molecule has 2 fully saturated rings. The van der Waals surface area contributed by atoms with Gasteiger partial charge in [-0.1, -0.05) is 42.7 Å². The first-order valence-electron chi connectivity index (χ1n) is 11.0. The van der Waals surface area contributed by atoms with Crippen LogP contribution >= 0.6 is 0 Å². The largest absolute Gasteiger partial charge is 0.467 e. The van der Waals surface area contributed by atoms with Crippen molar-refractivity contribution in [1.82, 2.24) is 15.1 Å². The van der Waals surface area contributed by atoms with Crippen molar-refractivity contribution in [2.24, 2.45) is 5.92 Å². The zero-order chi connectivity index (χ0) is 21.8. The van der Waals surface area contributed by atoms with Crippen molar-refractivity contribution >= 4 is 17.8 Å². The van der Waals surface area contributed by atoms with Gasteiger partial charge in [-0.05, 0) is 37.5 Å². The van der Waals surface area contributed by atoms with Crippen LogP contribution in [0.3, 0.4) is 0 Å². The molecule has 1 saturated heterocycles. The van der Waals surface area contributed by atoms with E-state index in [9.17, 15) is 14.4 Å². The maximum absolute atomic E-state index is 13.3. The van der Waals surface area contributed by atoms with E-state index in [1.165, 1.54) is 10.5 Å². The predicted octanol–water partition coefficient (Wildman–Crippen LogP) is 3.62. The average molecular weight is 424 g/mol. The molecule has 0 radical (unpaired) electrons. The van der Waals surface area contributed by atoms with Gasteiger partial charge in [0.05, 0.1) is 18.7 Å². The summed E-state index contributed by atoms with van der Waals surface area (Å²) >= 11 is 0. The number of nitrogens with zero attached hydrogens (tertiary/aromatic N) is 2. The van der Waals surface area contributed by atoms with E-state index in [1.54, 1.807) is 18.4 Å². The van der Waals surface area contributed by atoms with E-state index >= 15 is 0 Å². The van der Waals surface area contributed by atoms with Crippen LogP contribution in [0.2, 0.25) is 0 Å². The number of carbonyl (C=O) groups excluding carboxylic acids is 3. The van der Waals surface area contributed by atoms with Crippen molar-refractivity contribution in [3.05, 3.63) is 59.5 Å². The van der Waals surface area contributed by atoms with Crippen LogP contribution in [0.4, 0.5) is 4.79 Å². The Bertz CT molecular complexity index is 923. The molecule has 164 valence electrons. The molecule has 2 aromatic rings. The molecule has 4 amide bonds. The molecule has 1 aromatic carbocycles. The Morgan fingerprint density at radius 2 is 1.90 bits per heavy atom. The van der Waals surface area contributed by atoms with E-state index in [-0.39, 0.29) is 49.3 Å². The van der Waals surface area contributed by atoms with E-state index in [4.69, 9.17) is 4.42 Å². The number of furan rings is 1. The highest BCUT2D eigenvalue weighted by atomic mass is 16.3. The summed E-state index contributed by atoms with van der Waals surface area (Å²) < 4.78 is 5.21. The number of nitrogens with one attached hydrogen (secondary N) is 1. The highest BCUT2D eigenvalue weighted by Gasteiger charge is 2.46. The second-order valence-corrected chi connectivity index (χ2v) is 8.45. The van der Waals surface area contributed by atoms with Gasteiger partial charge in [0.1, 0.15) is 5.76 Å². The number of carbonyl (C=O) groups is 3. The first-order chi connectivity index (χ1) is 15.0. The van der Waals surface area contributed by atoms with Crippen LogP contribution in [0.25, 0.3) is 0 Å². The molecule has 1 aliphatic heterocycles. The number of rotatable bonds is 7. The van der Waals surface area contributed by atoms with Gasteiger partial charge in [0.15, 0.2) is 0 Å². The van der Waals surface area contributed by atoms with Crippen LogP contribution in [0.15, 0.2) is 47.1 Å². The third-order valence-corrected chi connectivity index (χ3v) is 6.27. The van der Waals surface area contributed by atoms with Crippen LogP contribution in [-0.2, 0) is 22.7 Å². The summed E-state index contributed by atoms with van der Waals surface area (Å²) in [5.41, 5.74) is 2.22. The van der Waals surface area contributed by atoms with Crippen molar-refractivity contribution in [2.45, 2.75) is 58.2 Å². The minimum atomic E-state index is -0.285. The van der Waals surface area contributed by atoms with Gasteiger partial charge in [-0.3, -0.25) is 14.5 Å². The standard InChI is InChI=1S/C24H29N3O4/c1-17-8-10-18(11-9-17)16-27-21-7-3-2-6-20(21)23(29)26(24(27)30)13-12-22(28)25-15-19-5-4-14-31-19/h4-5,8-11,14,20-21H,2-3,6-7,12-13,15-16H2,1H3,(H,25,28). The fraction of sp³-hybridized carbons (Fsp3) is 0.458. The Morgan fingerprint density at radius 1 is 1.13 bits per heavy atom. The van der Waals surface area contributed by atoms with Gasteiger partial charge in [-0.25, -0.2) is 4.79 Å². The van der Waals surface area contributed by atoms with Crippen molar-refractivity contribution < 1.29 is 18.8 Å². The van der Waals surface area contributed by atoms with Gasteiger partial charge >= 0.3 is 6.03 Å². The topological polar surface area (TPSA) is 82.9 Å². The summed E-state index contributed by atoms with van der Waals surface area (Å²) in [5, 5.41) is 2.77. The molecule has 2 unspecified atom stereocenters. The van der Waals surface area contributed by atoms with Crippen LogP contribution in [-0.4, -0.2) is 40.2 Å². The molecule has 1 saturated carbocycles. The van der Waals surface area contributed by atoms with E-state index in [0.29, 0.717) is 12.3 Å². The lowest BCUT2D eigenvalue weighted by atomic mass is 9.81. The molecule has 7 heteroatoms. The van der Waals surface area contributed by atoms with E-state index in [1.807, 2.05) is 36.1 Å². The first kappa shape index (κ1) is 21.2. The van der Waals surface area contributed by atoms with E-state index in [0.717, 1.165) is 31.2 Å². The molecule has 1 aliphatic carbocycles. The lowest BCUT2D eigenvalue weighted by Gasteiger charge is -2.47. The summed E-state index contributed by atoms with van der Waals surface area (Å²) in [7, 11) is 0. The molecule has 1 aromatic heterocycles. The molecule has 2 atom stereocenters. The maximum atomic E-state index is 13.3. The van der Waals surface area contributed by atoms with Crippen molar-refractivity contribution in [2.75, 3.05) is 6.54 Å². The average Bonchev–Trinajstić information content (AvgIpc) is 3.30. The number of aryl methyl sites for hydroxylation is 1. The van der Waals surface area contributed by atoms with Gasteiger partial charge in [0, 0.05) is 25.6 Å². The highest BCUT2D eigenvalue weighted by Crippen LogP contribution is 2.35. The van der Waals surface area contributed by atoms with Gasteiger partial charge < -0.3 is 14.6 Å². The summed E-state index contributed by atoms with van der Waals surface area (Å²) in [6, 6.07) is 11.3. The highest BCUT2D eigenvalue weighted by molar-refractivity contribution is 5.99. The first-order valence-corrected chi connectivity index (χ1v) is 11.0. The number of amides is 4. The van der Waals surface area contributed by atoms with Crippen molar-refractivity contribution in [1.29, 1.82) is 0 Å². The fourth-order valence-electron chi connectivity index (χ4n) is 4.55. The molecule has 1 N–H and O–H groups in total. The summed E-state index contributed by atoms with van der Waals surface area (Å²) in [4.78, 5) is 41.8. The number of hydrogen-bond donors (Lipinski definition) is 1. The van der Waals surface area contributed by atoms with Crippen LogP contribution < -0.4 is 5.32 Å². The third kappa shape index (κ3) is 4.81. The van der Waals surface area contributed by atoms with Crippen molar-refractivity contribution in [3.63, 3.8) is 0 Å². The Hall–Kier alpha value is -3.09. The monoisotopic (exact) mass is 423 g/mol. The summed E-state index contributed by atoms with van der Waals surface area (Å²) in [5.74, 6) is 0.136. The maximum Gasteiger partial charge on any atom is 0.327 e. The molecule has 31 heavy (non-hydrogen) atoms. The Kier molecular flexibility index (Phi) is 6.39. The van der Waals surface area contributed by atoms with Crippen molar-refractivity contribution in [3.8, 4) is 0 Å². The number of benzene rings is 1. The number of hydrogen-bond acceptors (Lipinski definition) is 4. The van der Waals surface area contributed by atoms with Crippen LogP contribution in [0.1, 0.15) is 49.0 Å². The Balaban J connectivity index is 1.43. The second kappa shape index (κ2) is 9.37. The van der Waals surface area contributed by atoms with Gasteiger partial charge in [-0.2, -0.15) is 0 Å². The second-order valence-electron chi connectivity index (χ2n) is 8.45. The molecule has 2 heterocycles. The van der Waals surface area contributed by atoms with Crippen LogP contribution in [0, 0.1) is 12.8 Å². The Morgan fingerprint density at radius 3 is 2.65 bits per heavy atom. The number of imide groups is 1. The molecule has 0 bridgehead atoms. The smallest absolute Gasteiger partial charge is 0.327 e. The summed E-state index contributed by atoms with van der Waals surface area (Å²) in [6.45, 7) is 2.90. The molecule has 4 rings (SSSR count). The molecule has 7 nitrogen and oxygen atoms in total. The predicted molar refractivity (Wildman–Crippen MR) is 115 cm³/mol. The minimum Gasteiger partial charge on any atom is -0.467 e. The lowest BCUT2D eigenvalue weighted by molar-refractivity contribution is -0.141.